The average molecular weight is 252 g/mol. The minimum Gasteiger partial charge on any atom is -0.367 e. The van der Waals surface area contributed by atoms with E-state index < -0.39 is 0 Å². The van der Waals surface area contributed by atoms with E-state index in [1.54, 1.807) is 0 Å². The second kappa shape index (κ2) is 5.58. The van der Waals surface area contributed by atoms with Crippen LogP contribution in [0.5, 0.6) is 0 Å². The van der Waals surface area contributed by atoms with Gasteiger partial charge in [0.1, 0.15) is 5.82 Å². The SMILES string of the molecule is CSC1CCC(Nc2ccnc(N(C)C)n2)C1. The maximum absolute atomic E-state index is 4.48. The Morgan fingerprint density at radius 3 is 2.88 bits per heavy atom. The number of hydrogen-bond donors (Lipinski definition) is 1. The summed E-state index contributed by atoms with van der Waals surface area (Å²) in [5.74, 6) is 1.70. The molecule has 2 rings (SSSR count). The lowest BCUT2D eigenvalue weighted by atomic mass is 10.2. The number of rotatable bonds is 4. The molecule has 0 bridgehead atoms. The first-order chi connectivity index (χ1) is 8.19. The minimum atomic E-state index is 0.567. The molecule has 4 nitrogen and oxygen atoms in total. The van der Waals surface area contributed by atoms with Gasteiger partial charge in [-0.2, -0.15) is 16.7 Å². The standard InChI is InChI=1S/C12H20N4S/c1-16(2)12-13-7-6-11(15-12)14-9-4-5-10(8-9)17-3/h6-7,9-10H,4-5,8H2,1-3H3,(H,13,14,15). The highest BCUT2D eigenvalue weighted by atomic mass is 32.2. The summed E-state index contributed by atoms with van der Waals surface area (Å²) >= 11 is 1.97. The molecule has 2 atom stereocenters. The van der Waals surface area contributed by atoms with E-state index in [1.807, 2.05) is 43.0 Å². The van der Waals surface area contributed by atoms with Crippen LogP contribution in [0.3, 0.4) is 0 Å². The molecule has 0 aromatic carbocycles. The van der Waals surface area contributed by atoms with Crippen LogP contribution in [0.1, 0.15) is 19.3 Å². The zero-order valence-electron chi connectivity index (χ0n) is 10.7. The first-order valence-corrected chi connectivity index (χ1v) is 7.27. The Balaban J connectivity index is 1.97. The number of hydrogen-bond acceptors (Lipinski definition) is 5. The Labute approximate surface area is 107 Å². The Hall–Kier alpha value is -0.970. The molecular formula is C12H20N4S. The van der Waals surface area contributed by atoms with Gasteiger partial charge in [0, 0.05) is 31.6 Å². The van der Waals surface area contributed by atoms with Crippen LogP contribution in [-0.4, -0.2) is 41.6 Å². The van der Waals surface area contributed by atoms with Gasteiger partial charge in [0.25, 0.3) is 0 Å². The molecule has 1 aromatic heterocycles. The van der Waals surface area contributed by atoms with Crippen LogP contribution in [0.15, 0.2) is 12.3 Å². The van der Waals surface area contributed by atoms with Crippen LogP contribution in [-0.2, 0) is 0 Å². The minimum absolute atomic E-state index is 0.567. The second-order valence-corrected chi connectivity index (χ2v) is 5.79. The summed E-state index contributed by atoms with van der Waals surface area (Å²) in [4.78, 5) is 10.6. The highest BCUT2D eigenvalue weighted by Crippen LogP contribution is 2.29. The van der Waals surface area contributed by atoms with Gasteiger partial charge in [-0.25, -0.2) is 4.98 Å². The third-order valence-corrected chi connectivity index (χ3v) is 4.21. The number of aromatic nitrogens is 2. The first kappa shape index (κ1) is 12.5. The monoisotopic (exact) mass is 252 g/mol. The van der Waals surface area contributed by atoms with Crippen molar-refractivity contribution in [2.45, 2.75) is 30.6 Å². The molecule has 1 fully saturated rings. The average Bonchev–Trinajstić information content (AvgIpc) is 2.77. The van der Waals surface area contributed by atoms with Crippen molar-refractivity contribution < 1.29 is 0 Å². The maximum Gasteiger partial charge on any atom is 0.226 e. The summed E-state index contributed by atoms with van der Waals surface area (Å²) in [6, 6.07) is 2.51. The third kappa shape index (κ3) is 3.25. The predicted octanol–water partition coefficient (Wildman–Crippen LogP) is 2.24. The van der Waals surface area contributed by atoms with Gasteiger partial charge >= 0.3 is 0 Å². The van der Waals surface area contributed by atoms with Crippen molar-refractivity contribution in [3.05, 3.63) is 12.3 Å². The van der Waals surface area contributed by atoms with Crippen molar-refractivity contribution in [2.75, 3.05) is 30.6 Å². The molecule has 0 spiro atoms. The lowest BCUT2D eigenvalue weighted by Gasteiger charge is -2.15. The van der Waals surface area contributed by atoms with Gasteiger partial charge in [0.15, 0.2) is 0 Å². The summed E-state index contributed by atoms with van der Waals surface area (Å²) in [6.45, 7) is 0. The highest BCUT2D eigenvalue weighted by molar-refractivity contribution is 7.99. The molecule has 1 aliphatic rings. The van der Waals surface area contributed by atoms with Crippen molar-refractivity contribution in [3.8, 4) is 0 Å². The van der Waals surface area contributed by atoms with Gasteiger partial charge in [-0.15, -0.1) is 0 Å². The molecule has 94 valence electrons. The van der Waals surface area contributed by atoms with Gasteiger partial charge in [0.2, 0.25) is 5.95 Å². The Morgan fingerprint density at radius 2 is 2.24 bits per heavy atom. The number of nitrogens with one attached hydrogen (secondary N) is 1. The van der Waals surface area contributed by atoms with E-state index in [-0.39, 0.29) is 0 Å². The summed E-state index contributed by atoms with van der Waals surface area (Å²) in [5, 5.41) is 4.32. The molecule has 1 heterocycles. The molecule has 1 aromatic rings. The summed E-state index contributed by atoms with van der Waals surface area (Å²) < 4.78 is 0. The normalized spacial score (nSPS) is 23.7. The molecule has 0 aliphatic heterocycles. The first-order valence-electron chi connectivity index (χ1n) is 5.98. The molecule has 17 heavy (non-hydrogen) atoms. The topological polar surface area (TPSA) is 41.1 Å². The molecule has 0 saturated heterocycles. The lowest BCUT2D eigenvalue weighted by molar-refractivity contribution is 0.750. The molecule has 1 aliphatic carbocycles. The van der Waals surface area contributed by atoms with E-state index in [1.165, 1.54) is 19.3 Å². The van der Waals surface area contributed by atoms with Gasteiger partial charge in [0.05, 0.1) is 0 Å². The fourth-order valence-corrected chi connectivity index (χ4v) is 2.94. The second-order valence-electron chi connectivity index (χ2n) is 4.65. The smallest absolute Gasteiger partial charge is 0.226 e. The fraction of sp³-hybridized carbons (Fsp3) is 0.667. The summed E-state index contributed by atoms with van der Waals surface area (Å²) in [5.41, 5.74) is 0. The Morgan fingerprint density at radius 1 is 1.41 bits per heavy atom. The molecule has 1 N–H and O–H groups in total. The molecule has 5 heteroatoms. The van der Waals surface area contributed by atoms with Crippen molar-refractivity contribution in [3.63, 3.8) is 0 Å². The predicted molar refractivity (Wildman–Crippen MR) is 74.9 cm³/mol. The van der Waals surface area contributed by atoms with Gasteiger partial charge < -0.3 is 10.2 Å². The number of nitrogens with zero attached hydrogens (tertiary/aromatic N) is 3. The maximum atomic E-state index is 4.48. The van der Waals surface area contributed by atoms with E-state index in [0.717, 1.165) is 17.0 Å². The number of thioether (sulfide) groups is 1. The Kier molecular flexibility index (Phi) is 4.10. The zero-order chi connectivity index (χ0) is 12.3. The highest BCUT2D eigenvalue weighted by Gasteiger charge is 2.23. The van der Waals surface area contributed by atoms with Gasteiger partial charge in [-0.05, 0) is 31.6 Å². The zero-order valence-corrected chi connectivity index (χ0v) is 11.5. The van der Waals surface area contributed by atoms with E-state index in [0.29, 0.717) is 6.04 Å². The van der Waals surface area contributed by atoms with Crippen LogP contribution < -0.4 is 10.2 Å². The molecular weight excluding hydrogens is 232 g/mol. The lowest BCUT2D eigenvalue weighted by Crippen LogP contribution is -2.19. The van der Waals surface area contributed by atoms with E-state index in [4.69, 9.17) is 0 Å². The van der Waals surface area contributed by atoms with Gasteiger partial charge in [-0.1, -0.05) is 0 Å². The van der Waals surface area contributed by atoms with E-state index in [2.05, 4.69) is 21.5 Å². The van der Waals surface area contributed by atoms with E-state index >= 15 is 0 Å². The van der Waals surface area contributed by atoms with Crippen LogP contribution in [0.4, 0.5) is 11.8 Å². The van der Waals surface area contributed by atoms with Crippen molar-refractivity contribution in [1.82, 2.24) is 9.97 Å². The van der Waals surface area contributed by atoms with Crippen LogP contribution in [0.2, 0.25) is 0 Å². The van der Waals surface area contributed by atoms with Crippen molar-refractivity contribution in [1.29, 1.82) is 0 Å². The Bertz CT molecular complexity index is 369. The molecule has 0 radical (unpaired) electrons. The molecule has 1 saturated carbocycles. The van der Waals surface area contributed by atoms with Crippen LogP contribution >= 0.6 is 11.8 Å². The summed E-state index contributed by atoms with van der Waals surface area (Å²) in [6.07, 6.45) is 7.80. The number of anilines is 2. The molecule has 0 amide bonds. The van der Waals surface area contributed by atoms with Crippen LogP contribution in [0.25, 0.3) is 0 Å². The third-order valence-electron chi connectivity index (χ3n) is 3.11. The largest absolute Gasteiger partial charge is 0.367 e. The quantitative estimate of drug-likeness (QED) is 0.890. The summed E-state index contributed by atoms with van der Waals surface area (Å²) in [7, 11) is 3.91. The fourth-order valence-electron chi connectivity index (χ4n) is 2.14. The van der Waals surface area contributed by atoms with Gasteiger partial charge in [-0.3, -0.25) is 0 Å². The van der Waals surface area contributed by atoms with Crippen molar-refractivity contribution >= 4 is 23.5 Å². The van der Waals surface area contributed by atoms with E-state index in [9.17, 15) is 0 Å². The molecule has 2 unspecified atom stereocenters. The van der Waals surface area contributed by atoms with Crippen LogP contribution in [0, 0.1) is 0 Å². The van der Waals surface area contributed by atoms with Crippen molar-refractivity contribution in [2.24, 2.45) is 0 Å².